The highest BCUT2D eigenvalue weighted by Crippen LogP contribution is 2.29. The average molecular weight is 233 g/mol. The van der Waals surface area contributed by atoms with Crippen LogP contribution >= 0.6 is 0 Å². The van der Waals surface area contributed by atoms with Crippen molar-refractivity contribution < 1.29 is 15.0 Å². The van der Waals surface area contributed by atoms with Crippen molar-refractivity contribution in [2.24, 2.45) is 0 Å². The number of carbonyl (C=O) groups is 1. The third-order valence-corrected chi connectivity index (χ3v) is 2.31. The van der Waals surface area contributed by atoms with E-state index in [-0.39, 0.29) is 23.8 Å². The smallest absolute Gasteiger partial charge is 0.258 e. The molecule has 0 heterocycles. The van der Waals surface area contributed by atoms with Gasteiger partial charge in [-0.2, -0.15) is 0 Å². The zero-order valence-corrected chi connectivity index (χ0v) is 9.68. The van der Waals surface area contributed by atoms with Crippen LogP contribution in [0.15, 0.2) is 18.2 Å². The van der Waals surface area contributed by atoms with Crippen LogP contribution in [0.25, 0.3) is 0 Å². The molecular formula is C13H15NO3. The number of para-hydroxylation sites is 1. The normalized spacial score (nSPS) is 9.65. The molecule has 0 spiro atoms. The molecule has 17 heavy (non-hydrogen) atoms. The van der Waals surface area contributed by atoms with Gasteiger partial charge in [0.25, 0.3) is 5.91 Å². The number of phenols is 2. The van der Waals surface area contributed by atoms with Crippen molar-refractivity contribution in [1.82, 2.24) is 4.90 Å². The summed E-state index contributed by atoms with van der Waals surface area (Å²) in [5.41, 5.74) is 0.0636. The second-order valence-electron chi connectivity index (χ2n) is 3.60. The second-order valence-corrected chi connectivity index (χ2v) is 3.60. The first-order chi connectivity index (χ1) is 8.11. The second kappa shape index (κ2) is 5.80. The number of carbonyl (C=O) groups excluding carboxylic acids is 1. The average Bonchev–Trinajstić information content (AvgIpc) is 2.31. The van der Waals surface area contributed by atoms with Crippen molar-refractivity contribution in [1.29, 1.82) is 0 Å². The molecular weight excluding hydrogens is 218 g/mol. The summed E-state index contributed by atoms with van der Waals surface area (Å²) in [6.45, 7) is 2.62. The third-order valence-electron chi connectivity index (χ3n) is 2.31. The fourth-order valence-corrected chi connectivity index (χ4v) is 1.51. The molecule has 0 saturated carbocycles. The van der Waals surface area contributed by atoms with Gasteiger partial charge in [0.1, 0.15) is 0 Å². The maximum absolute atomic E-state index is 12.1. The Morgan fingerprint density at radius 2 is 2.18 bits per heavy atom. The Kier molecular flexibility index (Phi) is 4.41. The first kappa shape index (κ1) is 12.9. The lowest BCUT2D eigenvalue weighted by molar-refractivity contribution is 0.0773. The Hall–Kier alpha value is -2.15. The maximum atomic E-state index is 12.1. The Morgan fingerprint density at radius 1 is 1.47 bits per heavy atom. The molecule has 1 amide bonds. The van der Waals surface area contributed by atoms with Crippen LogP contribution in [0, 0.1) is 12.3 Å². The van der Waals surface area contributed by atoms with Gasteiger partial charge < -0.3 is 15.1 Å². The van der Waals surface area contributed by atoms with Crippen molar-refractivity contribution in [2.45, 2.75) is 13.3 Å². The molecule has 0 bridgehead atoms. The molecule has 0 fully saturated rings. The summed E-state index contributed by atoms with van der Waals surface area (Å²) >= 11 is 0. The van der Waals surface area contributed by atoms with Gasteiger partial charge >= 0.3 is 0 Å². The Balaban J connectivity index is 3.01. The minimum absolute atomic E-state index is 0.0636. The van der Waals surface area contributed by atoms with E-state index in [1.807, 2.05) is 6.92 Å². The van der Waals surface area contributed by atoms with Gasteiger partial charge in [-0.05, 0) is 18.6 Å². The number of phenolic OH excluding ortho intramolecular Hbond substituents is 2. The van der Waals surface area contributed by atoms with Crippen molar-refractivity contribution in [3.8, 4) is 23.8 Å². The molecule has 0 aromatic heterocycles. The SMILES string of the molecule is C#CCN(CCC)C(=O)c1cccc(O)c1O. The quantitative estimate of drug-likeness (QED) is 0.613. The third kappa shape index (κ3) is 2.91. The summed E-state index contributed by atoms with van der Waals surface area (Å²) in [5, 5.41) is 18.9. The standard InChI is InChI=1S/C13H15NO3/c1-3-8-14(9-4-2)13(17)10-6-5-7-11(15)12(10)16/h1,5-7,15-16H,4,8-9H2,2H3. The molecule has 2 N–H and O–H groups in total. The van der Waals surface area contributed by atoms with E-state index in [4.69, 9.17) is 6.42 Å². The van der Waals surface area contributed by atoms with Crippen LogP contribution in [0.2, 0.25) is 0 Å². The number of terminal acetylenes is 1. The molecule has 4 nitrogen and oxygen atoms in total. The highest BCUT2D eigenvalue weighted by molar-refractivity contribution is 5.97. The lowest BCUT2D eigenvalue weighted by Crippen LogP contribution is -2.32. The van der Waals surface area contributed by atoms with E-state index in [1.54, 1.807) is 0 Å². The van der Waals surface area contributed by atoms with E-state index in [1.165, 1.54) is 23.1 Å². The molecule has 0 aliphatic carbocycles. The first-order valence-corrected chi connectivity index (χ1v) is 5.35. The van der Waals surface area contributed by atoms with Crippen LogP contribution in [-0.2, 0) is 0 Å². The molecule has 1 aromatic carbocycles. The number of nitrogens with zero attached hydrogens (tertiary/aromatic N) is 1. The van der Waals surface area contributed by atoms with Crippen molar-refractivity contribution in [3.63, 3.8) is 0 Å². The summed E-state index contributed by atoms with van der Waals surface area (Å²) in [5.74, 6) is 1.30. The fourth-order valence-electron chi connectivity index (χ4n) is 1.51. The van der Waals surface area contributed by atoms with Crippen LogP contribution < -0.4 is 0 Å². The molecule has 4 heteroatoms. The van der Waals surface area contributed by atoms with Crippen molar-refractivity contribution in [2.75, 3.05) is 13.1 Å². The monoisotopic (exact) mass is 233 g/mol. The van der Waals surface area contributed by atoms with E-state index in [0.717, 1.165) is 6.42 Å². The molecule has 90 valence electrons. The van der Waals surface area contributed by atoms with E-state index in [0.29, 0.717) is 6.54 Å². The molecule has 1 rings (SSSR count). The molecule has 0 aliphatic rings. The van der Waals surface area contributed by atoms with Crippen LogP contribution in [0.3, 0.4) is 0 Å². The highest BCUT2D eigenvalue weighted by Gasteiger charge is 2.19. The van der Waals surface area contributed by atoms with Crippen molar-refractivity contribution in [3.05, 3.63) is 23.8 Å². The molecule has 0 saturated heterocycles. The van der Waals surface area contributed by atoms with Crippen LogP contribution in [0.4, 0.5) is 0 Å². The van der Waals surface area contributed by atoms with Gasteiger partial charge in [0.2, 0.25) is 0 Å². The van der Waals surface area contributed by atoms with Gasteiger partial charge in [0, 0.05) is 6.54 Å². The van der Waals surface area contributed by atoms with E-state index in [2.05, 4.69) is 5.92 Å². The lowest BCUT2D eigenvalue weighted by atomic mass is 10.1. The fraction of sp³-hybridized carbons (Fsp3) is 0.308. The van der Waals surface area contributed by atoms with E-state index < -0.39 is 5.75 Å². The number of hydrogen-bond acceptors (Lipinski definition) is 3. The summed E-state index contributed by atoms with van der Waals surface area (Å²) in [4.78, 5) is 13.5. The summed E-state index contributed by atoms with van der Waals surface area (Å²) in [6, 6.07) is 4.27. The number of aromatic hydroxyl groups is 2. The van der Waals surface area contributed by atoms with Gasteiger partial charge in [0.15, 0.2) is 11.5 Å². The molecule has 0 aliphatic heterocycles. The molecule has 1 aromatic rings. The van der Waals surface area contributed by atoms with Gasteiger partial charge in [-0.1, -0.05) is 18.9 Å². The Morgan fingerprint density at radius 3 is 2.76 bits per heavy atom. The van der Waals surface area contributed by atoms with Crippen molar-refractivity contribution >= 4 is 5.91 Å². The van der Waals surface area contributed by atoms with Gasteiger partial charge in [0.05, 0.1) is 12.1 Å². The molecule has 0 unspecified atom stereocenters. The summed E-state index contributed by atoms with van der Waals surface area (Å²) < 4.78 is 0. The highest BCUT2D eigenvalue weighted by atomic mass is 16.3. The van der Waals surface area contributed by atoms with E-state index >= 15 is 0 Å². The predicted molar refractivity (Wildman–Crippen MR) is 64.8 cm³/mol. The minimum atomic E-state index is -0.407. The zero-order valence-electron chi connectivity index (χ0n) is 9.68. The number of amides is 1. The van der Waals surface area contributed by atoms with Crippen LogP contribution in [-0.4, -0.2) is 34.1 Å². The van der Waals surface area contributed by atoms with Gasteiger partial charge in [-0.15, -0.1) is 6.42 Å². The lowest BCUT2D eigenvalue weighted by Gasteiger charge is -2.20. The topological polar surface area (TPSA) is 60.8 Å². The summed E-state index contributed by atoms with van der Waals surface area (Å²) in [6.07, 6.45) is 5.96. The Labute approximate surface area is 100 Å². The van der Waals surface area contributed by atoms with E-state index in [9.17, 15) is 15.0 Å². The zero-order chi connectivity index (χ0) is 12.8. The number of benzene rings is 1. The Bertz CT molecular complexity index is 448. The first-order valence-electron chi connectivity index (χ1n) is 5.35. The summed E-state index contributed by atoms with van der Waals surface area (Å²) in [7, 11) is 0. The maximum Gasteiger partial charge on any atom is 0.258 e. The number of rotatable bonds is 4. The number of hydrogen-bond donors (Lipinski definition) is 2. The van der Waals surface area contributed by atoms with Crippen LogP contribution in [0.1, 0.15) is 23.7 Å². The minimum Gasteiger partial charge on any atom is -0.504 e. The predicted octanol–water partition coefficient (Wildman–Crippen LogP) is 1.58. The molecule has 0 radical (unpaired) electrons. The van der Waals surface area contributed by atoms with Gasteiger partial charge in [-0.3, -0.25) is 4.79 Å². The van der Waals surface area contributed by atoms with Gasteiger partial charge in [-0.25, -0.2) is 0 Å². The largest absolute Gasteiger partial charge is 0.504 e. The van der Waals surface area contributed by atoms with Crippen LogP contribution in [0.5, 0.6) is 11.5 Å². The molecule has 0 atom stereocenters.